The lowest BCUT2D eigenvalue weighted by molar-refractivity contribution is 0.0635. The molecule has 0 aliphatic rings. The second-order valence-corrected chi connectivity index (χ2v) is 5.94. The summed E-state index contributed by atoms with van der Waals surface area (Å²) in [6.07, 6.45) is 0.707. The van der Waals surface area contributed by atoms with E-state index in [2.05, 4.69) is 11.9 Å². The standard InChI is InChI=1S/C18H19NO3/c1-5-16(20)15-11-13(19-17(21)22-18(2,3)4)10-12-8-6-7-9-14(12)15/h5-11H,1H2,2-4H3,(H,19,21). The number of anilines is 1. The monoisotopic (exact) mass is 297 g/mol. The molecule has 0 aliphatic carbocycles. The van der Waals surface area contributed by atoms with Crippen molar-refractivity contribution in [3.63, 3.8) is 0 Å². The lowest BCUT2D eigenvalue weighted by Crippen LogP contribution is -2.27. The van der Waals surface area contributed by atoms with Gasteiger partial charge in [0.05, 0.1) is 0 Å². The Balaban J connectivity index is 2.41. The molecule has 0 aliphatic heterocycles. The van der Waals surface area contributed by atoms with Gasteiger partial charge in [0.1, 0.15) is 5.60 Å². The summed E-state index contributed by atoms with van der Waals surface area (Å²) >= 11 is 0. The second-order valence-electron chi connectivity index (χ2n) is 5.94. The predicted molar refractivity (Wildman–Crippen MR) is 88.3 cm³/mol. The molecule has 22 heavy (non-hydrogen) atoms. The fourth-order valence-electron chi connectivity index (χ4n) is 2.12. The van der Waals surface area contributed by atoms with Gasteiger partial charge in [0.2, 0.25) is 0 Å². The van der Waals surface area contributed by atoms with Crippen LogP contribution >= 0.6 is 0 Å². The van der Waals surface area contributed by atoms with E-state index in [0.29, 0.717) is 11.3 Å². The minimum absolute atomic E-state index is 0.191. The minimum Gasteiger partial charge on any atom is -0.444 e. The molecule has 0 atom stereocenters. The molecule has 0 bridgehead atoms. The summed E-state index contributed by atoms with van der Waals surface area (Å²) in [5.41, 5.74) is 0.429. The zero-order valence-electron chi connectivity index (χ0n) is 13.0. The third kappa shape index (κ3) is 3.73. The lowest BCUT2D eigenvalue weighted by Gasteiger charge is -2.20. The summed E-state index contributed by atoms with van der Waals surface area (Å²) < 4.78 is 5.23. The van der Waals surface area contributed by atoms with Gasteiger partial charge in [-0.1, -0.05) is 30.8 Å². The highest BCUT2D eigenvalue weighted by Crippen LogP contribution is 2.25. The Morgan fingerprint density at radius 3 is 2.50 bits per heavy atom. The van der Waals surface area contributed by atoms with Crippen molar-refractivity contribution in [2.24, 2.45) is 0 Å². The first kappa shape index (κ1) is 15.8. The molecule has 4 nitrogen and oxygen atoms in total. The van der Waals surface area contributed by atoms with E-state index in [9.17, 15) is 9.59 Å². The first-order valence-electron chi connectivity index (χ1n) is 7.00. The van der Waals surface area contributed by atoms with Crippen LogP contribution in [0.3, 0.4) is 0 Å². The third-order valence-electron chi connectivity index (χ3n) is 2.96. The zero-order valence-corrected chi connectivity index (χ0v) is 13.0. The van der Waals surface area contributed by atoms with Crippen molar-refractivity contribution in [3.05, 3.63) is 54.6 Å². The first-order valence-corrected chi connectivity index (χ1v) is 7.00. The van der Waals surface area contributed by atoms with E-state index in [1.807, 2.05) is 24.3 Å². The molecule has 4 heteroatoms. The predicted octanol–water partition coefficient (Wildman–Crippen LogP) is 4.56. The van der Waals surface area contributed by atoms with Gasteiger partial charge in [-0.3, -0.25) is 10.1 Å². The molecule has 2 aromatic rings. The van der Waals surface area contributed by atoms with E-state index in [1.165, 1.54) is 6.08 Å². The molecule has 0 saturated heterocycles. The van der Waals surface area contributed by atoms with Gasteiger partial charge < -0.3 is 4.74 Å². The van der Waals surface area contributed by atoms with Gasteiger partial charge >= 0.3 is 6.09 Å². The Bertz CT molecular complexity index is 742. The highest BCUT2D eigenvalue weighted by Gasteiger charge is 2.17. The highest BCUT2D eigenvalue weighted by atomic mass is 16.6. The van der Waals surface area contributed by atoms with E-state index >= 15 is 0 Å². The molecule has 0 radical (unpaired) electrons. The van der Waals surface area contributed by atoms with Crippen LogP contribution in [0, 0.1) is 0 Å². The summed E-state index contributed by atoms with van der Waals surface area (Å²) in [5.74, 6) is -0.191. The normalized spacial score (nSPS) is 11.0. The number of hydrogen-bond donors (Lipinski definition) is 1. The van der Waals surface area contributed by atoms with Crippen LogP contribution in [0.15, 0.2) is 49.1 Å². The number of hydrogen-bond acceptors (Lipinski definition) is 3. The SMILES string of the molecule is C=CC(=O)c1cc(NC(=O)OC(C)(C)C)cc2ccccc12. The van der Waals surface area contributed by atoms with E-state index < -0.39 is 11.7 Å². The van der Waals surface area contributed by atoms with Crippen LogP contribution in [0.4, 0.5) is 10.5 Å². The van der Waals surface area contributed by atoms with Crippen molar-refractivity contribution >= 4 is 28.3 Å². The Labute approximate surface area is 129 Å². The van der Waals surface area contributed by atoms with Crippen LogP contribution < -0.4 is 5.32 Å². The molecule has 114 valence electrons. The van der Waals surface area contributed by atoms with Crippen LogP contribution in [-0.4, -0.2) is 17.5 Å². The maximum atomic E-state index is 12.0. The molecule has 0 heterocycles. The summed E-state index contributed by atoms with van der Waals surface area (Å²) in [4.78, 5) is 23.9. The number of benzene rings is 2. The van der Waals surface area contributed by atoms with Gasteiger partial charge in [-0.2, -0.15) is 0 Å². The van der Waals surface area contributed by atoms with Crippen molar-refractivity contribution in [3.8, 4) is 0 Å². The maximum absolute atomic E-state index is 12.0. The van der Waals surface area contributed by atoms with Gasteiger partial charge in [0, 0.05) is 11.3 Å². The Morgan fingerprint density at radius 1 is 1.18 bits per heavy atom. The number of carbonyl (C=O) groups is 2. The lowest BCUT2D eigenvalue weighted by atomic mass is 10.0. The summed E-state index contributed by atoms with van der Waals surface area (Å²) in [7, 11) is 0. The molecule has 0 unspecified atom stereocenters. The molecular weight excluding hydrogens is 278 g/mol. The van der Waals surface area contributed by atoms with Gasteiger partial charge in [0.25, 0.3) is 0 Å². The summed E-state index contributed by atoms with van der Waals surface area (Å²) in [6.45, 7) is 8.90. The van der Waals surface area contributed by atoms with E-state index in [-0.39, 0.29) is 5.78 Å². The van der Waals surface area contributed by atoms with Crippen molar-refractivity contribution in [1.82, 2.24) is 0 Å². The summed E-state index contributed by atoms with van der Waals surface area (Å²) in [5, 5.41) is 4.35. The van der Waals surface area contributed by atoms with Crippen LogP contribution in [0.1, 0.15) is 31.1 Å². The first-order chi connectivity index (χ1) is 10.3. The molecule has 0 spiro atoms. The average Bonchev–Trinajstić information content (AvgIpc) is 2.43. The second kappa shape index (κ2) is 6.02. The Morgan fingerprint density at radius 2 is 1.86 bits per heavy atom. The van der Waals surface area contributed by atoms with Gasteiger partial charge in [-0.15, -0.1) is 0 Å². The van der Waals surface area contributed by atoms with Gasteiger partial charge in [-0.25, -0.2) is 4.79 Å². The van der Waals surface area contributed by atoms with Gasteiger partial charge in [0.15, 0.2) is 5.78 Å². The molecule has 0 aromatic heterocycles. The van der Waals surface area contributed by atoms with Crippen molar-refractivity contribution in [1.29, 1.82) is 0 Å². The van der Waals surface area contributed by atoms with Crippen LogP contribution in [-0.2, 0) is 4.74 Å². The quantitative estimate of drug-likeness (QED) is 0.667. The fourth-order valence-corrected chi connectivity index (χ4v) is 2.12. The number of ether oxygens (including phenoxy) is 1. The molecule has 1 N–H and O–H groups in total. The van der Waals surface area contributed by atoms with Gasteiger partial charge in [-0.05, 0) is 49.8 Å². The number of rotatable bonds is 3. The van der Waals surface area contributed by atoms with Crippen LogP contribution in [0.25, 0.3) is 10.8 Å². The number of fused-ring (bicyclic) bond motifs is 1. The number of ketones is 1. The van der Waals surface area contributed by atoms with Crippen molar-refractivity contribution < 1.29 is 14.3 Å². The average molecular weight is 297 g/mol. The molecular formula is C18H19NO3. The van der Waals surface area contributed by atoms with Crippen LogP contribution in [0.5, 0.6) is 0 Å². The van der Waals surface area contributed by atoms with Crippen molar-refractivity contribution in [2.75, 3.05) is 5.32 Å². The fraction of sp³-hybridized carbons (Fsp3) is 0.222. The Kier molecular flexibility index (Phi) is 4.31. The molecule has 0 saturated carbocycles. The smallest absolute Gasteiger partial charge is 0.412 e. The zero-order chi connectivity index (χ0) is 16.3. The molecule has 0 fully saturated rings. The molecule has 2 aromatic carbocycles. The Hall–Kier alpha value is -2.62. The van der Waals surface area contributed by atoms with Crippen LogP contribution in [0.2, 0.25) is 0 Å². The highest BCUT2D eigenvalue weighted by molar-refractivity contribution is 6.14. The minimum atomic E-state index is -0.583. The van der Waals surface area contributed by atoms with E-state index in [0.717, 1.165) is 10.8 Å². The summed E-state index contributed by atoms with van der Waals surface area (Å²) in [6, 6.07) is 10.9. The number of allylic oxidation sites excluding steroid dienone is 1. The van der Waals surface area contributed by atoms with E-state index in [4.69, 9.17) is 4.74 Å². The number of amides is 1. The molecule has 1 amide bonds. The largest absolute Gasteiger partial charge is 0.444 e. The molecule has 2 rings (SSSR count). The topological polar surface area (TPSA) is 55.4 Å². The van der Waals surface area contributed by atoms with E-state index in [1.54, 1.807) is 32.9 Å². The third-order valence-corrected chi connectivity index (χ3v) is 2.96. The number of nitrogens with one attached hydrogen (secondary N) is 1. The maximum Gasteiger partial charge on any atom is 0.412 e. The van der Waals surface area contributed by atoms with Crippen molar-refractivity contribution in [2.45, 2.75) is 26.4 Å². The number of carbonyl (C=O) groups excluding carboxylic acids is 2.